The molecule has 15 nitrogen and oxygen atoms in total. The van der Waals surface area contributed by atoms with E-state index in [1.165, 1.54) is 24.3 Å². The molecule has 0 unspecified atom stereocenters. The van der Waals surface area contributed by atoms with Crippen LogP contribution < -0.4 is 15.0 Å². The molecule has 3 aromatic rings. The predicted octanol–water partition coefficient (Wildman–Crippen LogP) is 7.94. The van der Waals surface area contributed by atoms with Crippen molar-refractivity contribution < 1.29 is 58.9 Å². The van der Waals surface area contributed by atoms with Crippen molar-refractivity contribution in [3.63, 3.8) is 0 Å². The van der Waals surface area contributed by atoms with Crippen LogP contribution in [0.1, 0.15) is 90.2 Å². The summed E-state index contributed by atoms with van der Waals surface area (Å²) in [5, 5.41) is 11.8. The highest BCUT2D eigenvalue weighted by Gasteiger charge is 2.45. The first-order valence-electron chi connectivity index (χ1n) is 23.8. The maximum atomic E-state index is 12.6. The second-order valence-electron chi connectivity index (χ2n) is 21.6. The van der Waals surface area contributed by atoms with Crippen LogP contribution >= 0.6 is 0 Å². The number of aliphatic carboxylic acids is 1. The number of carbonyl (C=O) groups is 2. The predicted molar refractivity (Wildman–Crippen MR) is 270 cm³/mol. The van der Waals surface area contributed by atoms with Gasteiger partial charge in [-0.25, -0.2) is 16.8 Å². The van der Waals surface area contributed by atoms with Crippen molar-refractivity contribution in [1.29, 1.82) is 0 Å². The summed E-state index contributed by atoms with van der Waals surface area (Å²) in [7, 11) is 3.42. The van der Waals surface area contributed by atoms with Gasteiger partial charge in [0.1, 0.15) is 31.7 Å². The number of carboxylic acids is 1. The van der Waals surface area contributed by atoms with Gasteiger partial charge in [0.25, 0.3) is 0 Å². The fourth-order valence-electron chi connectivity index (χ4n) is 9.57. The van der Waals surface area contributed by atoms with Crippen molar-refractivity contribution >= 4 is 54.9 Å². The molecule has 3 aromatic carbocycles. The number of carboxylic acid groups (broad SMARTS) is 1. The summed E-state index contributed by atoms with van der Waals surface area (Å²) in [5.74, 6) is -0.101. The van der Waals surface area contributed by atoms with Crippen LogP contribution in [-0.2, 0) is 40.7 Å². The summed E-state index contributed by atoms with van der Waals surface area (Å²) in [6.45, 7) is 11.2. The highest BCUT2D eigenvalue weighted by molar-refractivity contribution is 7.86. The van der Waals surface area contributed by atoms with Gasteiger partial charge in [-0.1, -0.05) is 19.9 Å². The van der Waals surface area contributed by atoms with Crippen molar-refractivity contribution in [2.75, 3.05) is 78.7 Å². The summed E-state index contributed by atoms with van der Waals surface area (Å²) in [5.41, 5.74) is 6.06. The Morgan fingerprint density at radius 3 is 2.00 bits per heavy atom. The monoisotopic (exact) mass is 1000 g/mol. The third-order valence-electron chi connectivity index (χ3n) is 13.2. The van der Waals surface area contributed by atoms with Gasteiger partial charge in [0.2, 0.25) is 11.6 Å². The molecule has 1 aliphatic carbocycles. The minimum atomic E-state index is -4.70. The summed E-state index contributed by atoms with van der Waals surface area (Å²) in [6, 6.07) is 16.2. The molecule has 2 aliphatic heterocycles. The number of amides is 1. The molecule has 2 heterocycles. The molecule has 0 atom stereocenters. The van der Waals surface area contributed by atoms with E-state index in [2.05, 4.69) is 81.4 Å². The number of allylic oxidation sites excluding steroid dienone is 7. The Hall–Kier alpha value is -5.43. The molecule has 6 rings (SSSR count). The molecule has 17 heteroatoms. The van der Waals surface area contributed by atoms with Crippen molar-refractivity contribution in [3.8, 4) is 5.75 Å². The number of hydrogen-bond donors (Lipinski definition) is 2. The van der Waals surface area contributed by atoms with E-state index < -0.39 is 37.0 Å². The average molecular weight is 1000 g/mol. The zero-order chi connectivity index (χ0) is 51.6. The fraction of sp³-hybridized carbons (Fsp3) is 0.453. The van der Waals surface area contributed by atoms with Crippen LogP contribution in [-0.4, -0.2) is 131 Å². The van der Waals surface area contributed by atoms with Gasteiger partial charge in [-0.15, -0.1) is 0 Å². The minimum absolute atomic E-state index is 0.0673. The summed E-state index contributed by atoms with van der Waals surface area (Å²) < 4.78 is 84.1. The minimum Gasteiger partial charge on any atom is -0.744 e. The first-order chi connectivity index (χ1) is 32.5. The number of anilines is 2. The molecule has 0 aromatic heterocycles. The summed E-state index contributed by atoms with van der Waals surface area (Å²) in [6.07, 6.45) is 12.3. The standard InChI is InChI=1S/C53H69N5O10S2/c1-52(2)43-35-41(69(62,63)64)25-27-45(43)55(31-13-33-57(5,6)7)47(52)29-19-37-15-11-16-38(51(37)68-40-23-21-39(22-24-40)54-49(59)17-12-18-50(60)61)20-30-48-53(3,4)44-36-42(70(65,66)67)26-28-46(44)56(48)32-14-34-58(8,9)10/h19-30,35-36H,11-18,31-34H2,1-10H3,(H-3,54,59,60,61,62,63,64,65,66,67)/p+1. The Labute approximate surface area is 414 Å². The number of fused-ring (bicyclic) bond motifs is 2. The third kappa shape index (κ3) is 13.1. The lowest BCUT2D eigenvalue weighted by Gasteiger charge is -2.29. The Balaban J connectivity index is 1.46. The van der Waals surface area contributed by atoms with Crippen molar-refractivity contribution in [1.82, 2.24) is 0 Å². The molecule has 0 fully saturated rings. The van der Waals surface area contributed by atoms with Gasteiger partial charge < -0.3 is 38.1 Å². The van der Waals surface area contributed by atoms with E-state index in [1.54, 1.807) is 36.4 Å². The van der Waals surface area contributed by atoms with Gasteiger partial charge in [0, 0.05) is 66.0 Å². The van der Waals surface area contributed by atoms with Crippen LogP contribution in [0.15, 0.2) is 117 Å². The Kier molecular flexibility index (Phi) is 16.0. The maximum Gasteiger partial charge on any atom is 0.303 e. The second kappa shape index (κ2) is 20.7. The number of rotatable bonds is 20. The number of nitrogens with one attached hydrogen (secondary N) is 1. The highest BCUT2D eigenvalue weighted by atomic mass is 32.2. The molecular formula is C53H70N5O10S2+. The lowest BCUT2D eigenvalue weighted by molar-refractivity contribution is -0.871. The molecule has 0 radical (unpaired) electrons. The molecule has 0 bridgehead atoms. The zero-order valence-electron chi connectivity index (χ0n) is 42.3. The van der Waals surface area contributed by atoms with E-state index in [0.29, 0.717) is 43.1 Å². The molecule has 0 spiro atoms. The van der Waals surface area contributed by atoms with Gasteiger partial charge in [0.05, 0.1) is 77.0 Å². The van der Waals surface area contributed by atoms with E-state index >= 15 is 0 Å². The van der Waals surface area contributed by atoms with E-state index in [9.17, 15) is 35.5 Å². The second-order valence-corrected chi connectivity index (χ2v) is 24.4. The Bertz CT molecular complexity index is 2900. The van der Waals surface area contributed by atoms with E-state index in [0.717, 1.165) is 86.4 Å². The number of ether oxygens (including phenoxy) is 1. The molecule has 0 saturated heterocycles. The van der Waals surface area contributed by atoms with Crippen LogP contribution in [0.5, 0.6) is 5.75 Å². The molecule has 378 valence electrons. The van der Waals surface area contributed by atoms with Crippen molar-refractivity contribution in [2.45, 2.75) is 99.7 Å². The average Bonchev–Trinajstić information content (AvgIpc) is 3.58. The first-order valence-corrected chi connectivity index (χ1v) is 26.6. The molecule has 2 N–H and O–H groups in total. The largest absolute Gasteiger partial charge is 0.744 e. The molecule has 3 aliphatic rings. The first kappa shape index (κ1) is 53.9. The summed E-state index contributed by atoms with van der Waals surface area (Å²) >= 11 is 0. The lowest BCUT2D eigenvalue weighted by atomic mass is 9.81. The van der Waals surface area contributed by atoms with Gasteiger partial charge in [0.15, 0.2) is 12.3 Å². The maximum absolute atomic E-state index is 12.6. The Morgan fingerprint density at radius 1 is 0.771 bits per heavy atom. The number of hydrogen-bond acceptors (Lipinski definition) is 10. The lowest BCUT2D eigenvalue weighted by Crippen LogP contribution is -2.37. The highest BCUT2D eigenvalue weighted by Crippen LogP contribution is 2.49. The molecule has 1 amide bonds. The van der Waals surface area contributed by atoms with E-state index in [1.807, 2.05) is 27.7 Å². The van der Waals surface area contributed by atoms with E-state index in [-0.39, 0.29) is 35.0 Å². The van der Waals surface area contributed by atoms with Gasteiger partial charge in [-0.05, 0) is 123 Å². The molecule has 0 saturated carbocycles. The van der Waals surface area contributed by atoms with Gasteiger partial charge >= 0.3 is 5.97 Å². The van der Waals surface area contributed by atoms with Crippen molar-refractivity contribution in [3.05, 3.63) is 119 Å². The van der Waals surface area contributed by atoms with Crippen LogP contribution in [0, 0.1) is 0 Å². The fourth-order valence-corrected chi connectivity index (χ4v) is 10.6. The SMILES string of the molecule is CC1(C)C(/C=C/C2=C(Oc3ccc(NC(=O)CCCC(=O)O)cc3)C(=C/C=C3/N(CCC[N+](C)(C)C)c4ccc(S(=O)(=O)[O-])cc4C3(C)C)/CCC2)=[N+](CCC[N+](C)(C)C)c2ccc(S(=O)(=O)[O-])cc21. The van der Waals surface area contributed by atoms with Crippen molar-refractivity contribution in [2.24, 2.45) is 0 Å². The zero-order valence-corrected chi connectivity index (χ0v) is 43.9. The summed E-state index contributed by atoms with van der Waals surface area (Å²) in [4.78, 5) is 25.2. The number of quaternary nitrogens is 2. The van der Waals surface area contributed by atoms with Gasteiger partial charge in [-0.3, -0.25) is 9.59 Å². The topological polar surface area (TPSA) is 196 Å². The smallest absolute Gasteiger partial charge is 0.303 e. The normalized spacial score (nSPS) is 18.3. The number of benzene rings is 3. The van der Waals surface area contributed by atoms with Crippen LogP contribution in [0.3, 0.4) is 0 Å². The van der Waals surface area contributed by atoms with E-state index in [4.69, 9.17) is 9.84 Å². The van der Waals surface area contributed by atoms with Crippen LogP contribution in [0.2, 0.25) is 0 Å². The van der Waals surface area contributed by atoms with Crippen LogP contribution in [0.4, 0.5) is 17.1 Å². The molecule has 70 heavy (non-hydrogen) atoms. The third-order valence-corrected chi connectivity index (χ3v) is 14.9. The number of carbonyl (C=O) groups excluding carboxylic acids is 1. The Morgan fingerprint density at radius 2 is 1.39 bits per heavy atom. The number of nitrogens with zero attached hydrogens (tertiary/aromatic N) is 4. The van der Waals surface area contributed by atoms with Gasteiger partial charge in [-0.2, -0.15) is 4.58 Å². The molecular weight excluding hydrogens is 931 g/mol. The quantitative estimate of drug-likeness (QED) is 0.0634. The van der Waals surface area contributed by atoms with Crippen LogP contribution in [0.25, 0.3) is 0 Å².